The minimum atomic E-state index is -6.36. The van der Waals surface area contributed by atoms with E-state index in [2.05, 4.69) is 0 Å². The van der Waals surface area contributed by atoms with Crippen LogP contribution in [0.15, 0.2) is 77.7 Å². The zero-order valence-corrected chi connectivity index (χ0v) is 26.7. The van der Waals surface area contributed by atoms with Gasteiger partial charge in [-0.1, -0.05) is 74.7 Å². The number of benzene rings is 3. The van der Waals surface area contributed by atoms with E-state index in [0.717, 1.165) is 55.2 Å². The summed E-state index contributed by atoms with van der Waals surface area (Å²) >= 11 is 0. The highest BCUT2D eigenvalue weighted by Gasteiger charge is 2.74. The van der Waals surface area contributed by atoms with Crippen LogP contribution in [0.5, 0.6) is 0 Å². The molecule has 0 spiro atoms. The lowest BCUT2D eigenvalue weighted by Crippen LogP contribution is -2.50. The Morgan fingerprint density at radius 3 is 2.15 bits per heavy atom. The van der Waals surface area contributed by atoms with Gasteiger partial charge in [0.1, 0.15) is 10.6 Å². The Hall–Kier alpha value is -3.48. The maximum Gasteiger partial charge on any atom is 0.435 e. The molecule has 48 heavy (non-hydrogen) atoms. The van der Waals surface area contributed by atoms with Crippen LogP contribution in [0, 0.1) is 11.2 Å². The van der Waals surface area contributed by atoms with Gasteiger partial charge in [-0.05, 0) is 72.6 Å². The lowest BCUT2D eigenvalue weighted by atomic mass is 9.89. The highest BCUT2D eigenvalue weighted by Crippen LogP contribution is 2.65. The summed E-state index contributed by atoms with van der Waals surface area (Å²) in [4.78, 5) is 15.8. The average molecular weight is 700 g/mol. The lowest BCUT2D eigenvalue weighted by molar-refractivity contribution is -0.348. The van der Waals surface area contributed by atoms with Crippen LogP contribution in [-0.2, 0) is 31.5 Å². The minimum absolute atomic E-state index is 0.0414. The molecule has 4 nitrogen and oxygen atoms in total. The fraction of sp³-hybridized carbons (Fsp3) is 0.457. The Balaban J connectivity index is 1.48. The third kappa shape index (κ3) is 4.96. The van der Waals surface area contributed by atoms with Crippen molar-refractivity contribution in [2.75, 3.05) is 6.54 Å². The standard InChI is InChI=1S/C35H33F8NO3S/c1-2-3-7-16-31(21-28(31)22-8-5-4-6-9-22)30(45)44-18-17-32(48(46,47)26-13-11-25(36)12-14-26)27-15-10-24(19-23(27)20-29(32)44)33(37,34(38,39)40)35(41,42)43/h4-6,8-15,19,28-29H,2-3,7,16-18,20-21H2,1H3/t28?,29?,31-,32?/m0/s1. The number of amides is 1. The van der Waals surface area contributed by atoms with Crippen LogP contribution in [0.2, 0.25) is 0 Å². The molecule has 2 fully saturated rings. The van der Waals surface area contributed by atoms with Gasteiger partial charge in [0, 0.05) is 12.1 Å². The molecule has 0 N–H and O–H groups in total. The van der Waals surface area contributed by atoms with Crippen molar-refractivity contribution in [1.82, 2.24) is 4.90 Å². The Morgan fingerprint density at radius 1 is 0.896 bits per heavy atom. The number of carbonyl (C=O) groups excluding carboxylic acids is 1. The third-order valence-corrected chi connectivity index (χ3v) is 13.1. The number of hydrogen-bond acceptors (Lipinski definition) is 3. The van der Waals surface area contributed by atoms with Crippen LogP contribution < -0.4 is 0 Å². The lowest BCUT2D eigenvalue weighted by Gasteiger charge is -2.35. The summed E-state index contributed by atoms with van der Waals surface area (Å²) in [7, 11) is -4.55. The molecule has 3 aromatic rings. The molecular formula is C35H33F8NO3S. The number of likely N-dealkylation sites (tertiary alicyclic amines) is 1. The van der Waals surface area contributed by atoms with E-state index < -0.39 is 61.9 Å². The van der Waals surface area contributed by atoms with E-state index in [0.29, 0.717) is 25.0 Å². The van der Waals surface area contributed by atoms with E-state index in [1.807, 2.05) is 37.3 Å². The molecule has 1 saturated heterocycles. The molecule has 0 bridgehead atoms. The van der Waals surface area contributed by atoms with Gasteiger partial charge in [0.2, 0.25) is 5.91 Å². The molecule has 3 aliphatic rings. The van der Waals surface area contributed by atoms with Crippen LogP contribution >= 0.6 is 0 Å². The summed E-state index contributed by atoms with van der Waals surface area (Å²) in [6.07, 6.45) is -9.89. The first-order valence-electron chi connectivity index (χ1n) is 15.8. The maximum absolute atomic E-state index is 15.2. The van der Waals surface area contributed by atoms with Gasteiger partial charge in [0.15, 0.2) is 9.84 Å². The first-order valence-corrected chi connectivity index (χ1v) is 17.3. The second kappa shape index (κ2) is 11.6. The third-order valence-electron chi connectivity index (χ3n) is 10.6. The Labute approximate surface area is 273 Å². The highest BCUT2D eigenvalue weighted by atomic mass is 32.2. The predicted octanol–water partition coefficient (Wildman–Crippen LogP) is 8.70. The van der Waals surface area contributed by atoms with E-state index in [-0.39, 0.29) is 40.8 Å². The van der Waals surface area contributed by atoms with Crippen LogP contribution in [0.3, 0.4) is 0 Å². The summed E-state index contributed by atoms with van der Waals surface area (Å²) < 4.78 is 138. The summed E-state index contributed by atoms with van der Waals surface area (Å²) in [6, 6.07) is 13.6. The largest absolute Gasteiger partial charge is 0.435 e. The van der Waals surface area contributed by atoms with E-state index in [9.17, 15) is 43.9 Å². The Morgan fingerprint density at radius 2 is 1.54 bits per heavy atom. The van der Waals surface area contributed by atoms with Gasteiger partial charge in [-0.25, -0.2) is 17.2 Å². The number of rotatable bonds is 9. The summed E-state index contributed by atoms with van der Waals surface area (Å²) in [5.74, 6) is -1.21. The molecule has 3 aromatic carbocycles. The monoisotopic (exact) mass is 699 g/mol. The first-order chi connectivity index (χ1) is 22.5. The van der Waals surface area contributed by atoms with Gasteiger partial charge in [0.25, 0.3) is 0 Å². The summed E-state index contributed by atoms with van der Waals surface area (Å²) in [5.41, 5.74) is -7.71. The average Bonchev–Trinajstić information content (AvgIpc) is 3.50. The molecule has 13 heteroatoms. The van der Waals surface area contributed by atoms with E-state index >= 15 is 4.39 Å². The zero-order valence-electron chi connectivity index (χ0n) is 25.8. The smallest absolute Gasteiger partial charge is 0.337 e. The molecule has 258 valence electrons. The molecule has 6 rings (SSSR count). The van der Waals surface area contributed by atoms with Crippen LogP contribution in [0.1, 0.15) is 73.6 Å². The number of hydrogen-bond donors (Lipinski definition) is 0. The molecular weight excluding hydrogens is 666 g/mol. The number of nitrogens with zero attached hydrogens (tertiary/aromatic N) is 1. The van der Waals surface area contributed by atoms with Crippen molar-refractivity contribution in [1.29, 1.82) is 0 Å². The number of carbonyl (C=O) groups is 1. The second-order valence-corrected chi connectivity index (χ2v) is 15.3. The van der Waals surface area contributed by atoms with Crippen LogP contribution in [0.4, 0.5) is 35.1 Å². The van der Waals surface area contributed by atoms with E-state index in [4.69, 9.17) is 0 Å². The van der Waals surface area contributed by atoms with E-state index in [1.54, 1.807) is 0 Å². The Bertz CT molecular complexity index is 1800. The SMILES string of the molecule is CCCCC[C@]1(C(=O)N2CCC3(S(=O)(=O)c4ccc(F)cc4)c4ccc(C(F)(C(F)(F)F)C(F)(F)F)cc4CC23)CC1c1ccccc1. The molecule has 3 unspecified atom stereocenters. The number of unbranched alkanes of at least 4 members (excludes halogenated alkanes) is 2. The molecule has 4 atom stereocenters. The molecule has 0 radical (unpaired) electrons. The van der Waals surface area contributed by atoms with Gasteiger partial charge in [-0.2, -0.15) is 26.3 Å². The minimum Gasteiger partial charge on any atom is -0.337 e. The highest BCUT2D eigenvalue weighted by molar-refractivity contribution is 7.92. The van der Waals surface area contributed by atoms with Crippen molar-refractivity contribution in [3.8, 4) is 0 Å². The van der Waals surface area contributed by atoms with Crippen molar-refractivity contribution >= 4 is 15.7 Å². The van der Waals surface area contributed by atoms with Gasteiger partial charge in [-0.15, -0.1) is 0 Å². The number of sulfone groups is 1. The van der Waals surface area contributed by atoms with Gasteiger partial charge in [0.05, 0.1) is 16.4 Å². The Kier molecular flexibility index (Phi) is 8.28. The van der Waals surface area contributed by atoms with Crippen molar-refractivity contribution in [2.24, 2.45) is 5.41 Å². The number of fused-ring (bicyclic) bond motifs is 3. The van der Waals surface area contributed by atoms with Crippen LogP contribution in [-0.4, -0.2) is 44.2 Å². The fourth-order valence-corrected chi connectivity index (χ4v) is 10.4. The van der Waals surface area contributed by atoms with Gasteiger partial charge < -0.3 is 4.90 Å². The number of halogens is 8. The molecule has 1 amide bonds. The fourth-order valence-electron chi connectivity index (χ4n) is 8.08. The molecule has 1 saturated carbocycles. The van der Waals surface area contributed by atoms with Gasteiger partial charge >= 0.3 is 18.0 Å². The van der Waals surface area contributed by atoms with Crippen molar-refractivity contribution in [3.63, 3.8) is 0 Å². The van der Waals surface area contributed by atoms with Gasteiger partial charge in [-0.3, -0.25) is 4.79 Å². The normalized spacial score (nSPS) is 25.6. The molecule has 1 heterocycles. The summed E-state index contributed by atoms with van der Waals surface area (Å²) in [5, 5.41) is 0. The second-order valence-electron chi connectivity index (χ2n) is 13.1. The molecule has 1 aliphatic heterocycles. The number of alkyl halides is 7. The summed E-state index contributed by atoms with van der Waals surface area (Å²) in [6.45, 7) is 1.97. The quantitative estimate of drug-likeness (QED) is 0.128. The van der Waals surface area contributed by atoms with Crippen LogP contribution in [0.25, 0.3) is 0 Å². The first kappa shape index (κ1) is 34.4. The maximum atomic E-state index is 15.2. The topological polar surface area (TPSA) is 54.5 Å². The predicted molar refractivity (Wildman–Crippen MR) is 161 cm³/mol. The van der Waals surface area contributed by atoms with Crippen molar-refractivity contribution < 1.29 is 48.3 Å². The zero-order chi connectivity index (χ0) is 34.9. The molecule has 0 aromatic heterocycles. The molecule has 2 aliphatic carbocycles. The van der Waals surface area contributed by atoms with Crippen molar-refractivity contribution in [3.05, 3.63) is 101 Å². The van der Waals surface area contributed by atoms with E-state index in [1.165, 1.54) is 4.90 Å². The van der Waals surface area contributed by atoms with Crippen molar-refractivity contribution in [2.45, 2.75) is 91.5 Å².